The third kappa shape index (κ3) is 2.39. The number of aryl methyl sites for hydroxylation is 2. The summed E-state index contributed by atoms with van der Waals surface area (Å²) in [6.07, 6.45) is 0.564. The number of carbonyl (C=O) groups excluding carboxylic acids is 3. The number of piperidine rings is 1. The first kappa shape index (κ1) is 12.3. The summed E-state index contributed by atoms with van der Waals surface area (Å²) < 4.78 is 1.45. The third-order valence-electron chi connectivity index (χ3n) is 2.78. The third-order valence-corrected chi connectivity index (χ3v) is 2.78. The lowest BCUT2D eigenvalue weighted by Crippen LogP contribution is -2.52. The van der Waals surface area contributed by atoms with Gasteiger partial charge in [-0.15, -0.1) is 0 Å². The van der Waals surface area contributed by atoms with Gasteiger partial charge in [0.15, 0.2) is 0 Å². The van der Waals surface area contributed by atoms with Gasteiger partial charge >= 0.3 is 0 Å². The normalized spacial score (nSPS) is 19.6. The van der Waals surface area contributed by atoms with Crippen LogP contribution in [-0.4, -0.2) is 33.5 Å². The van der Waals surface area contributed by atoms with Crippen molar-refractivity contribution in [3.8, 4) is 0 Å². The number of imide groups is 1. The second-order valence-corrected chi connectivity index (χ2v) is 4.27. The first-order chi connectivity index (χ1) is 8.47. The second kappa shape index (κ2) is 4.59. The van der Waals surface area contributed by atoms with Gasteiger partial charge < -0.3 is 5.32 Å². The predicted octanol–water partition coefficient (Wildman–Crippen LogP) is -0.736. The molecule has 2 rings (SSSR count). The van der Waals surface area contributed by atoms with Crippen molar-refractivity contribution in [1.29, 1.82) is 0 Å². The van der Waals surface area contributed by atoms with Gasteiger partial charge in [0.1, 0.15) is 11.7 Å². The van der Waals surface area contributed by atoms with Gasteiger partial charge in [0.05, 0.1) is 5.69 Å². The fraction of sp³-hybridized carbons (Fsp3) is 0.455. The standard InChI is InChI=1S/C11H14N4O3/c1-6-5-8(15(2)14-6)11(18)12-7-3-4-9(16)13-10(7)17/h5,7H,3-4H2,1-2H3,(H,12,18)(H,13,16,17). The summed E-state index contributed by atoms with van der Waals surface area (Å²) in [6, 6.07) is 0.978. The molecule has 7 heteroatoms. The lowest BCUT2D eigenvalue weighted by molar-refractivity contribution is -0.134. The van der Waals surface area contributed by atoms with E-state index in [4.69, 9.17) is 0 Å². The van der Waals surface area contributed by atoms with E-state index in [1.165, 1.54) is 4.68 Å². The number of amides is 3. The Balaban J connectivity index is 2.06. The minimum absolute atomic E-state index is 0.237. The van der Waals surface area contributed by atoms with Crippen molar-refractivity contribution >= 4 is 17.7 Å². The van der Waals surface area contributed by atoms with E-state index in [0.717, 1.165) is 5.69 Å². The summed E-state index contributed by atoms with van der Waals surface area (Å²) >= 11 is 0. The zero-order valence-corrected chi connectivity index (χ0v) is 10.2. The Bertz CT molecular complexity index is 520. The molecule has 3 amide bonds. The zero-order valence-electron chi connectivity index (χ0n) is 10.2. The van der Waals surface area contributed by atoms with Gasteiger partial charge in [0, 0.05) is 13.5 Å². The summed E-state index contributed by atoms with van der Waals surface area (Å²) in [7, 11) is 1.66. The molecule has 0 saturated carbocycles. The van der Waals surface area contributed by atoms with Crippen molar-refractivity contribution in [3.05, 3.63) is 17.5 Å². The molecule has 1 unspecified atom stereocenters. The molecule has 1 fully saturated rings. The van der Waals surface area contributed by atoms with Crippen LogP contribution in [0.15, 0.2) is 6.07 Å². The average molecular weight is 250 g/mol. The highest BCUT2D eigenvalue weighted by Gasteiger charge is 2.28. The summed E-state index contributed by atoms with van der Waals surface area (Å²) in [5, 5.41) is 8.84. The monoisotopic (exact) mass is 250 g/mol. The molecule has 1 aliphatic rings. The molecule has 0 spiro atoms. The van der Waals surface area contributed by atoms with E-state index in [1.807, 2.05) is 0 Å². The minimum atomic E-state index is -0.662. The molecule has 96 valence electrons. The van der Waals surface area contributed by atoms with Gasteiger partial charge in [-0.05, 0) is 19.4 Å². The Morgan fingerprint density at radius 1 is 1.56 bits per heavy atom. The molecular weight excluding hydrogens is 236 g/mol. The van der Waals surface area contributed by atoms with Gasteiger partial charge in [-0.2, -0.15) is 5.10 Å². The SMILES string of the molecule is Cc1cc(C(=O)NC2CCC(=O)NC2=O)n(C)n1. The van der Waals surface area contributed by atoms with Crippen molar-refractivity contribution in [3.63, 3.8) is 0 Å². The smallest absolute Gasteiger partial charge is 0.270 e. The van der Waals surface area contributed by atoms with Crippen LogP contribution in [0.2, 0.25) is 0 Å². The van der Waals surface area contributed by atoms with Crippen molar-refractivity contribution in [2.75, 3.05) is 0 Å². The molecule has 7 nitrogen and oxygen atoms in total. The van der Waals surface area contributed by atoms with E-state index in [-0.39, 0.29) is 18.2 Å². The molecule has 0 aliphatic carbocycles. The average Bonchev–Trinajstić information content (AvgIpc) is 2.62. The van der Waals surface area contributed by atoms with Crippen LogP contribution >= 0.6 is 0 Å². The van der Waals surface area contributed by atoms with Crippen LogP contribution in [0.3, 0.4) is 0 Å². The Morgan fingerprint density at radius 2 is 2.28 bits per heavy atom. The van der Waals surface area contributed by atoms with Gasteiger partial charge in [0.2, 0.25) is 11.8 Å². The second-order valence-electron chi connectivity index (χ2n) is 4.27. The maximum absolute atomic E-state index is 11.9. The highest BCUT2D eigenvalue weighted by atomic mass is 16.2. The number of hydrogen-bond acceptors (Lipinski definition) is 4. The number of nitrogens with one attached hydrogen (secondary N) is 2. The van der Waals surface area contributed by atoms with Crippen LogP contribution in [0.5, 0.6) is 0 Å². The van der Waals surface area contributed by atoms with E-state index in [1.54, 1.807) is 20.0 Å². The number of hydrogen-bond donors (Lipinski definition) is 2. The zero-order chi connectivity index (χ0) is 13.3. The number of aromatic nitrogens is 2. The lowest BCUT2D eigenvalue weighted by Gasteiger charge is -2.21. The van der Waals surface area contributed by atoms with E-state index < -0.39 is 11.9 Å². The van der Waals surface area contributed by atoms with E-state index in [2.05, 4.69) is 15.7 Å². The highest BCUT2D eigenvalue weighted by molar-refractivity contribution is 6.03. The number of rotatable bonds is 2. The summed E-state index contributed by atoms with van der Waals surface area (Å²) in [5.41, 5.74) is 1.11. The fourth-order valence-electron chi connectivity index (χ4n) is 1.89. The summed E-state index contributed by atoms with van der Waals surface area (Å²) in [6.45, 7) is 1.78. The van der Waals surface area contributed by atoms with E-state index in [9.17, 15) is 14.4 Å². The van der Waals surface area contributed by atoms with Crippen molar-refractivity contribution < 1.29 is 14.4 Å². The van der Waals surface area contributed by atoms with Crippen LogP contribution in [0.4, 0.5) is 0 Å². The van der Waals surface area contributed by atoms with Crippen LogP contribution in [0.25, 0.3) is 0 Å². The van der Waals surface area contributed by atoms with Gasteiger partial charge in [-0.3, -0.25) is 24.4 Å². The van der Waals surface area contributed by atoms with Gasteiger partial charge in [-0.1, -0.05) is 0 Å². The Kier molecular flexibility index (Phi) is 3.14. The molecule has 2 heterocycles. The quantitative estimate of drug-likeness (QED) is 0.676. The lowest BCUT2D eigenvalue weighted by atomic mass is 10.1. The first-order valence-corrected chi connectivity index (χ1v) is 5.62. The van der Waals surface area contributed by atoms with Crippen molar-refractivity contribution in [2.24, 2.45) is 7.05 Å². The fourth-order valence-corrected chi connectivity index (χ4v) is 1.89. The van der Waals surface area contributed by atoms with Crippen molar-refractivity contribution in [1.82, 2.24) is 20.4 Å². The molecule has 1 aliphatic heterocycles. The van der Waals surface area contributed by atoms with Crippen molar-refractivity contribution in [2.45, 2.75) is 25.8 Å². The van der Waals surface area contributed by atoms with Gasteiger partial charge in [0.25, 0.3) is 5.91 Å². The largest absolute Gasteiger partial charge is 0.339 e. The van der Waals surface area contributed by atoms with Crippen LogP contribution in [0, 0.1) is 6.92 Å². The van der Waals surface area contributed by atoms with Crippen LogP contribution < -0.4 is 10.6 Å². The summed E-state index contributed by atoms with van der Waals surface area (Å²) in [4.78, 5) is 34.4. The highest BCUT2D eigenvalue weighted by Crippen LogP contribution is 2.07. The molecule has 2 N–H and O–H groups in total. The number of nitrogens with zero attached hydrogens (tertiary/aromatic N) is 2. The maximum Gasteiger partial charge on any atom is 0.270 e. The Hall–Kier alpha value is -2.18. The molecule has 0 radical (unpaired) electrons. The topological polar surface area (TPSA) is 93.1 Å². The summed E-state index contributed by atoms with van der Waals surface area (Å²) in [5.74, 6) is -1.13. The molecular formula is C11H14N4O3. The molecule has 1 saturated heterocycles. The minimum Gasteiger partial charge on any atom is -0.339 e. The van der Waals surface area contributed by atoms with Gasteiger partial charge in [-0.25, -0.2) is 0 Å². The first-order valence-electron chi connectivity index (χ1n) is 5.62. The van der Waals surface area contributed by atoms with E-state index >= 15 is 0 Å². The molecule has 18 heavy (non-hydrogen) atoms. The molecule has 1 aromatic heterocycles. The Labute approximate surface area is 104 Å². The van der Waals surface area contributed by atoms with Crippen LogP contribution in [0.1, 0.15) is 29.0 Å². The van der Waals surface area contributed by atoms with Crippen LogP contribution in [-0.2, 0) is 16.6 Å². The molecule has 1 atom stereocenters. The Morgan fingerprint density at radius 3 is 2.83 bits per heavy atom. The maximum atomic E-state index is 11.9. The molecule has 0 aromatic carbocycles. The molecule has 1 aromatic rings. The molecule has 0 bridgehead atoms. The predicted molar refractivity (Wildman–Crippen MR) is 61.6 cm³/mol. The van der Waals surface area contributed by atoms with E-state index in [0.29, 0.717) is 12.1 Å². The number of carbonyl (C=O) groups is 3.